The van der Waals surface area contributed by atoms with E-state index < -0.39 is 30.0 Å². The number of hydrogen-bond donors (Lipinski definition) is 4. The predicted molar refractivity (Wildman–Crippen MR) is 182 cm³/mol. The Morgan fingerprint density at radius 3 is 2.39 bits per heavy atom. The Labute approximate surface area is 288 Å². The number of amides is 3. The molecule has 4 rings (SSSR count). The first-order valence-electron chi connectivity index (χ1n) is 16.3. The first-order chi connectivity index (χ1) is 23.3. The summed E-state index contributed by atoms with van der Waals surface area (Å²) in [4.78, 5) is 43.4. The third kappa shape index (κ3) is 9.82. The van der Waals surface area contributed by atoms with E-state index in [9.17, 15) is 29.7 Å². The number of aliphatic hydroxyl groups is 3. The Bertz CT molecular complexity index is 1560. The van der Waals surface area contributed by atoms with E-state index in [4.69, 9.17) is 22.3 Å². The van der Waals surface area contributed by atoms with Gasteiger partial charge in [-0.1, -0.05) is 36.1 Å². The molecule has 0 bridgehead atoms. The van der Waals surface area contributed by atoms with Crippen molar-refractivity contribution >= 4 is 17.7 Å². The van der Waals surface area contributed by atoms with Gasteiger partial charge in [-0.2, -0.15) is 0 Å². The number of terminal acetylenes is 2. The van der Waals surface area contributed by atoms with Gasteiger partial charge in [0.25, 0.3) is 0 Å². The normalized spacial score (nSPS) is 21.3. The van der Waals surface area contributed by atoms with Gasteiger partial charge >= 0.3 is 0 Å². The molecule has 2 saturated heterocycles. The summed E-state index contributed by atoms with van der Waals surface area (Å²) in [7, 11) is 1.66. The maximum atomic E-state index is 13.2. The van der Waals surface area contributed by atoms with Crippen LogP contribution < -0.4 is 10.1 Å². The van der Waals surface area contributed by atoms with E-state index in [0.29, 0.717) is 49.5 Å². The maximum absolute atomic E-state index is 13.2. The number of aliphatic hydroxyl groups excluding tert-OH is 3. The molecule has 2 aromatic carbocycles. The number of likely N-dealkylation sites (N-methyl/N-ethyl adjacent to an activating group) is 1. The Kier molecular flexibility index (Phi) is 12.8. The summed E-state index contributed by atoms with van der Waals surface area (Å²) in [5, 5.41) is 33.2. The van der Waals surface area contributed by atoms with Gasteiger partial charge in [0.2, 0.25) is 17.7 Å². The van der Waals surface area contributed by atoms with E-state index in [1.807, 2.05) is 23.1 Å². The summed E-state index contributed by atoms with van der Waals surface area (Å²) < 4.78 is 11.4. The average Bonchev–Trinajstić information content (AvgIpc) is 3.08. The molecule has 4 N–H and O–H groups in total. The third-order valence-electron chi connectivity index (χ3n) is 8.79. The molecule has 2 fully saturated rings. The van der Waals surface area contributed by atoms with Gasteiger partial charge in [-0.3, -0.25) is 19.3 Å². The predicted octanol–water partition coefficient (Wildman–Crippen LogP) is 0.312. The molecule has 0 saturated carbocycles. The monoisotopic (exact) mass is 674 g/mol. The number of hydrogen-bond acceptors (Lipinski definition) is 9. The Morgan fingerprint density at radius 1 is 1.04 bits per heavy atom. The molecule has 2 aliphatic heterocycles. The summed E-state index contributed by atoms with van der Waals surface area (Å²) in [5.41, 5.74) is 2.00. The van der Waals surface area contributed by atoms with E-state index in [1.165, 1.54) is 4.90 Å². The topological polar surface area (TPSA) is 152 Å². The van der Waals surface area contributed by atoms with E-state index in [2.05, 4.69) is 17.2 Å². The van der Waals surface area contributed by atoms with Crippen molar-refractivity contribution < 1.29 is 39.2 Å². The molecular weight excluding hydrogens is 628 g/mol. The van der Waals surface area contributed by atoms with Gasteiger partial charge in [0.05, 0.1) is 32.7 Å². The van der Waals surface area contributed by atoms with Crippen molar-refractivity contribution in [1.82, 2.24) is 20.0 Å². The van der Waals surface area contributed by atoms with E-state index in [-0.39, 0.29) is 50.4 Å². The van der Waals surface area contributed by atoms with Crippen LogP contribution in [-0.2, 0) is 25.5 Å². The highest BCUT2D eigenvalue weighted by atomic mass is 16.5. The number of nitrogens with zero attached hydrogens (tertiary/aromatic N) is 3. The van der Waals surface area contributed by atoms with E-state index in [1.54, 1.807) is 50.1 Å². The average molecular weight is 675 g/mol. The molecule has 49 heavy (non-hydrogen) atoms. The fraction of sp³-hybridized carbons (Fsp3) is 0.486. The number of benzene rings is 2. The molecule has 12 nitrogen and oxygen atoms in total. The summed E-state index contributed by atoms with van der Waals surface area (Å²) in [6, 6.07) is 12.7. The van der Waals surface area contributed by atoms with Crippen LogP contribution >= 0.6 is 0 Å². The number of piperazine rings is 1. The smallest absolute Gasteiger partial charge is 0.247 e. The molecule has 12 heteroatoms. The number of ether oxygens (including phenoxy) is 2. The first-order valence-corrected chi connectivity index (χ1v) is 16.3. The van der Waals surface area contributed by atoms with Crippen LogP contribution in [0.2, 0.25) is 0 Å². The molecule has 0 aliphatic carbocycles. The number of rotatable bonds is 12. The minimum atomic E-state index is -1.31. The lowest BCUT2D eigenvalue weighted by Gasteiger charge is -2.38. The van der Waals surface area contributed by atoms with Crippen molar-refractivity contribution in [2.45, 2.75) is 56.6 Å². The fourth-order valence-electron chi connectivity index (χ4n) is 5.87. The quantitative estimate of drug-likeness (QED) is 0.233. The maximum Gasteiger partial charge on any atom is 0.247 e. The molecule has 0 aromatic heterocycles. The van der Waals surface area contributed by atoms with Gasteiger partial charge in [-0.25, -0.2) is 0 Å². The van der Waals surface area contributed by atoms with Crippen molar-refractivity contribution in [2.24, 2.45) is 0 Å². The molecular formula is C37H46N4O8. The van der Waals surface area contributed by atoms with Crippen LogP contribution in [0.3, 0.4) is 0 Å². The van der Waals surface area contributed by atoms with Crippen molar-refractivity contribution in [2.75, 3.05) is 59.5 Å². The zero-order chi connectivity index (χ0) is 35.7. The highest BCUT2D eigenvalue weighted by Gasteiger charge is 2.38. The number of nitrogens with one attached hydrogen (secondary N) is 1. The van der Waals surface area contributed by atoms with Crippen LogP contribution in [-0.4, -0.2) is 131 Å². The molecule has 2 heterocycles. The Morgan fingerprint density at radius 2 is 1.73 bits per heavy atom. The summed E-state index contributed by atoms with van der Waals surface area (Å²) in [6.45, 7) is 5.86. The molecule has 2 aliphatic rings. The van der Waals surface area contributed by atoms with Gasteiger partial charge < -0.3 is 39.9 Å². The van der Waals surface area contributed by atoms with Gasteiger partial charge in [-0.15, -0.1) is 12.8 Å². The van der Waals surface area contributed by atoms with Crippen molar-refractivity contribution in [3.8, 4) is 30.4 Å². The second-order valence-corrected chi connectivity index (χ2v) is 13.0. The molecule has 4 atom stereocenters. The number of carbonyl (C=O) groups excluding carboxylic acids is 3. The van der Waals surface area contributed by atoms with Gasteiger partial charge in [0, 0.05) is 38.8 Å². The highest BCUT2D eigenvalue weighted by molar-refractivity contribution is 5.91. The van der Waals surface area contributed by atoms with Crippen LogP contribution in [0, 0.1) is 24.7 Å². The first kappa shape index (κ1) is 37.4. The lowest BCUT2D eigenvalue weighted by Crippen LogP contribution is -2.60. The fourth-order valence-corrected chi connectivity index (χ4v) is 5.87. The van der Waals surface area contributed by atoms with Gasteiger partial charge in [0.15, 0.2) is 0 Å². The van der Waals surface area contributed by atoms with Crippen molar-refractivity contribution in [1.29, 1.82) is 0 Å². The van der Waals surface area contributed by atoms with Crippen molar-refractivity contribution in [3.63, 3.8) is 0 Å². The summed E-state index contributed by atoms with van der Waals surface area (Å²) >= 11 is 0. The van der Waals surface area contributed by atoms with Gasteiger partial charge in [0.1, 0.15) is 35.7 Å². The lowest BCUT2D eigenvalue weighted by molar-refractivity contribution is -0.189. The Balaban J connectivity index is 1.23. The SMILES string of the molecule is C#CCN(C)C(=O)CN1CCN(C(=O)C(C)(C)NC(=O)CCOc2ccc(Cc3cc([C@@H]4OC[C@@H](O)[C@H](O)[C@H]4O)ccc3C#C)cc2)CC1. The Hall–Kier alpha value is -4.43. The van der Waals surface area contributed by atoms with Crippen LogP contribution in [0.25, 0.3) is 0 Å². The molecule has 262 valence electrons. The molecule has 2 aromatic rings. The molecule has 0 unspecified atom stereocenters. The van der Waals surface area contributed by atoms with Crippen molar-refractivity contribution in [3.05, 3.63) is 64.7 Å². The van der Waals surface area contributed by atoms with Crippen LogP contribution in [0.15, 0.2) is 42.5 Å². The molecule has 0 spiro atoms. The summed E-state index contributed by atoms with van der Waals surface area (Å²) in [6.07, 6.45) is 7.02. The zero-order valence-electron chi connectivity index (χ0n) is 28.3. The second-order valence-electron chi connectivity index (χ2n) is 13.0. The van der Waals surface area contributed by atoms with Crippen LogP contribution in [0.5, 0.6) is 5.75 Å². The second kappa shape index (κ2) is 16.8. The summed E-state index contributed by atoms with van der Waals surface area (Å²) in [5.74, 6) is 5.14. The number of carbonyl (C=O) groups is 3. The van der Waals surface area contributed by atoms with Gasteiger partial charge in [-0.05, 0) is 55.2 Å². The van der Waals surface area contributed by atoms with Crippen LogP contribution in [0.4, 0.5) is 0 Å². The molecule has 3 amide bonds. The minimum absolute atomic E-state index is 0.0542. The minimum Gasteiger partial charge on any atom is -0.493 e. The third-order valence-corrected chi connectivity index (χ3v) is 8.79. The van der Waals surface area contributed by atoms with Crippen LogP contribution in [0.1, 0.15) is 48.6 Å². The standard InChI is InChI=1S/C37H46N4O8/c1-6-15-39(5)32(44)23-40-16-18-41(19-17-40)36(47)37(3,4)38-31(43)14-20-48-29-12-8-25(9-13-29)21-28-22-27(11-10-26(28)7-2)35-34(46)33(45)30(42)24-49-35/h1-2,8-13,22,30,33-35,42,45-46H,14-21,23-24H2,3-5H3,(H,38,43)/t30-,33+,34-,35+/m1/s1. The van der Waals surface area contributed by atoms with E-state index in [0.717, 1.165) is 11.1 Å². The van der Waals surface area contributed by atoms with E-state index >= 15 is 0 Å². The highest BCUT2D eigenvalue weighted by Crippen LogP contribution is 2.31. The zero-order valence-corrected chi connectivity index (χ0v) is 28.3. The molecule has 0 radical (unpaired) electrons. The largest absolute Gasteiger partial charge is 0.493 e. The lowest BCUT2D eigenvalue weighted by atomic mass is 9.91.